The fraction of sp³-hybridized carbons (Fsp3) is 0.476. The van der Waals surface area contributed by atoms with Crippen molar-refractivity contribution in [3.8, 4) is 0 Å². The van der Waals surface area contributed by atoms with E-state index in [0.29, 0.717) is 6.42 Å². The van der Waals surface area contributed by atoms with Crippen molar-refractivity contribution in [2.45, 2.75) is 32.6 Å². The Bertz CT molecular complexity index is 840. The standard InChI is InChI=1S/C21H26N4O/c1-14-6-4-5-7-17(14)16-12-18-20(19(26)13-16)15(2)22-21(23-18)25-10-8-24(3)9-11-25/h4-7,16H,8-13H2,1-3H3. The van der Waals surface area contributed by atoms with Crippen molar-refractivity contribution in [3.05, 3.63) is 52.3 Å². The summed E-state index contributed by atoms with van der Waals surface area (Å²) in [7, 11) is 2.14. The second kappa shape index (κ2) is 6.80. The van der Waals surface area contributed by atoms with Gasteiger partial charge >= 0.3 is 0 Å². The van der Waals surface area contributed by atoms with E-state index in [4.69, 9.17) is 4.98 Å². The van der Waals surface area contributed by atoms with E-state index < -0.39 is 0 Å². The second-order valence-electron chi connectivity index (χ2n) is 7.61. The van der Waals surface area contributed by atoms with E-state index in [1.54, 1.807) is 0 Å². The van der Waals surface area contributed by atoms with Gasteiger partial charge in [-0.2, -0.15) is 0 Å². The van der Waals surface area contributed by atoms with E-state index >= 15 is 0 Å². The summed E-state index contributed by atoms with van der Waals surface area (Å²) in [5, 5.41) is 0. The number of anilines is 1. The van der Waals surface area contributed by atoms with Gasteiger partial charge in [0.15, 0.2) is 5.78 Å². The van der Waals surface area contributed by atoms with Crippen LogP contribution in [0.25, 0.3) is 0 Å². The van der Waals surface area contributed by atoms with Crippen molar-refractivity contribution in [1.29, 1.82) is 0 Å². The molecule has 1 aromatic carbocycles. The number of benzene rings is 1. The summed E-state index contributed by atoms with van der Waals surface area (Å²) >= 11 is 0. The Morgan fingerprint density at radius 2 is 1.73 bits per heavy atom. The first-order valence-electron chi connectivity index (χ1n) is 9.42. The number of carbonyl (C=O) groups excluding carboxylic acids is 1. The number of piperazine rings is 1. The van der Waals surface area contributed by atoms with E-state index in [9.17, 15) is 4.79 Å². The number of Topliss-reactive ketones (excluding diaryl/α,β-unsaturated/α-hetero) is 1. The summed E-state index contributed by atoms with van der Waals surface area (Å²) in [6.07, 6.45) is 1.37. The number of likely N-dealkylation sites (N-methyl/N-ethyl adjacent to an activating group) is 1. The number of aromatic nitrogens is 2. The van der Waals surface area contributed by atoms with Crippen LogP contribution in [0.15, 0.2) is 24.3 Å². The van der Waals surface area contributed by atoms with Gasteiger partial charge in [0.25, 0.3) is 0 Å². The molecule has 1 fully saturated rings. The molecule has 1 aliphatic carbocycles. The molecule has 2 heterocycles. The van der Waals surface area contributed by atoms with E-state index in [1.165, 1.54) is 11.1 Å². The summed E-state index contributed by atoms with van der Waals surface area (Å²) < 4.78 is 0. The molecule has 1 atom stereocenters. The largest absolute Gasteiger partial charge is 0.338 e. The lowest BCUT2D eigenvalue weighted by atomic mass is 9.80. The van der Waals surface area contributed by atoms with E-state index in [1.807, 2.05) is 6.92 Å². The highest BCUT2D eigenvalue weighted by atomic mass is 16.1. The fourth-order valence-corrected chi connectivity index (χ4v) is 4.17. The molecule has 26 heavy (non-hydrogen) atoms. The van der Waals surface area contributed by atoms with E-state index in [2.05, 4.69) is 53.0 Å². The van der Waals surface area contributed by atoms with Gasteiger partial charge in [0.2, 0.25) is 5.95 Å². The SMILES string of the molecule is Cc1ccccc1C1CC(=O)c2c(C)nc(N3CCN(C)CC3)nc2C1. The smallest absolute Gasteiger partial charge is 0.225 e. The predicted molar refractivity (Wildman–Crippen MR) is 103 cm³/mol. The molecule has 0 saturated carbocycles. The number of hydrogen-bond donors (Lipinski definition) is 0. The quantitative estimate of drug-likeness (QED) is 0.833. The molecule has 1 unspecified atom stereocenters. The van der Waals surface area contributed by atoms with Crippen LogP contribution in [0.2, 0.25) is 0 Å². The summed E-state index contributed by atoms with van der Waals surface area (Å²) in [6.45, 7) is 7.98. The van der Waals surface area contributed by atoms with Gasteiger partial charge in [0, 0.05) is 32.6 Å². The van der Waals surface area contributed by atoms with Gasteiger partial charge in [-0.3, -0.25) is 4.79 Å². The Hall–Kier alpha value is -2.27. The van der Waals surface area contributed by atoms with Crippen molar-refractivity contribution in [3.63, 3.8) is 0 Å². The molecule has 0 amide bonds. The van der Waals surface area contributed by atoms with Crippen molar-refractivity contribution >= 4 is 11.7 Å². The Balaban J connectivity index is 1.67. The van der Waals surface area contributed by atoms with Crippen LogP contribution in [0, 0.1) is 13.8 Å². The maximum Gasteiger partial charge on any atom is 0.225 e. The third-order valence-corrected chi connectivity index (χ3v) is 5.72. The Labute approximate surface area is 155 Å². The monoisotopic (exact) mass is 350 g/mol. The van der Waals surface area contributed by atoms with Gasteiger partial charge in [-0.25, -0.2) is 9.97 Å². The Morgan fingerprint density at radius 1 is 1.00 bits per heavy atom. The van der Waals surface area contributed by atoms with Crippen LogP contribution in [0.4, 0.5) is 5.95 Å². The van der Waals surface area contributed by atoms with Crippen LogP contribution in [0.1, 0.15) is 45.2 Å². The number of nitrogens with zero attached hydrogens (tertiary/aromatic N) is 4. The molecule has 0 N–H and O–H groups in total. The van der Waals surface area contributed by atoms with Crippen molar-refractivity contribution in [2.24, 2.45) is 0 Å². The van der Waals surface area contributed by atoms with Crippen LogP contribution < -0.4 is 4.90 Å². The number of aryl methyl sites for hydroxylation is 2. The molecule has 2 aliphatic rings. The predicted octanol–water partition coefficient (Wildman–Crippen LogP) is 2.76. The molecule has 1 aliphatic heterocycles. The molecule has 0 bridgehead atoms. The van der Waals surface area contributed by atoms with Crippen LogP contribution in [0.5, 0.6) is 0 Å². The number of fused-ring (bicyclic) bond motifs is 1. The van der Waals surface area contributed by atoms with Crippen LogP contribution in [0.3, 0.4) is 0 Å². The zero-order valence-corrected chi connectivity index (χ0v) is 15.8. The average Bonchev–Trinajstić information content (AvgIpc) is 2.62. The van der Waals surface area contributed by atoms with Crippen LogP contribution in [-0.2, 0) is 6.42 Å². The minimum atomic E-state index is 0.182. The molecular weight excluding hydrogens is 324 g/mol. The molecule has 1 aromatic heterocycles. The number of carbonyl (C=O) groups is 1. The van der Waals surface area contributed by atoms with Gasteiger partial charge in [0.1, 0.15) is 0 Å². The highest BCUT2D eigenvalue weighted by molar-refractivity contribution is 5.99. The van der Waals surface area contributed by atoms with Gasteiger partial charge in [-0.15, -0.1) is 0 Å². The topological polar surface area (TPSA) is 49.3 Å². The molecule has 5 nitrogen and oxygen atoms in total. The van der Waals surface area contributed by atoms with Crippen molar-refractivity contribution < 1.29 is 4.79 Å². The average molecular weight is 350 g/mol. The summed E-state index contributed by atoms with van der Waals surface area (Å²) in [5.41, 5.74) is 5.03. The zero-order valence-electron chi connectivity index (χ0n) is 15.8. The second-order valence-corrected chi connectivity index (χ2v) is 7.61. The first-order chi connectivity index (χ1) is 12.5. The Kier molecular flexibility index (Phi) is 4.49. The molecular formula is C21H26N4O. The number of rotatable bonds is 2. The van der Waals surface area contributed by atoms with Gasteiger partial charge in [0.05, 0.1) is 17.0 Å². The maximum absolute atomic E-state index is 12.8. The Morgan fingerprint density at radius 3 is 2.46 bits per heavy atom. The molecule has 0 spiro atoms. The molecule has 2 aromatic rings. The first kappa shape index (κ1) is 17.2. The van der Waals surface area contributed by atoms with Crippen molar-refractivity contribution in [1.82, 2.24) is 14.9 Å². The molecule has 136 valence electrons. The number of hydrogen-bond acceptors (Lipinski definition) is 5. The summed E-state index contributed by atoms with van der Waals surface area (Å²) in [5.74, 6) is 1.18. The normalized spacial score (nSPS) is 21.0. The molecule has 4 rings (SSSR count). The molecule has 1 saturated heterocycles. The highest BCUT2D eigenvalue weighted by Crippen LogP contribution is 2.35. The van der Waals surface area contributed by atoms with Gasteiger partial charge < -0.3 is 9.80 Å². The van der Waals surface area contributed by atoms with Gasteiger partial charge in [-0.1, -0.05) is 24.3 Å². The highest BCUT2D eigenvalue weighted by Gasteiger charge is 2.31. The lowest BCUT2D eigenvalue weighted by Gasteiger charge is -2.33. The lowest BCUT2D eigenvalue weighted by Crippen LogP contribution is -2.45. The lowest BCUT2D eigenvalue weighted by molar-refractivity contribution is 0.0962. The molecule has 0 radical (unpaired) electrons. The maximum atomic E-state index is 12.8. The van der Waals surface area contributed by atoms with E-state index in [0.717, 1.165) is 55.5 Å². The zero-order chi connectivity index (χ0) is 18.3. The molecule has 5 heteroatoms. The minimum absolute atomic E-state index is 0.182. The van der Waals surface area contributed by atoms with Crippen molar-refractivity contribution in [2.75, 3.05) is 38.1 Å². The summed E-state index contributed by atoms with van der Waals surface area (Å²) in [4.78, 5) is 26.9. The number of ketones is 1. The summed E-state index contributed by atoms with van der Waals surface area (Å²) in [6, 6.07) is 8.38. The van der Waals surface area contributed by atoms with E-state index in [-0.39, 0.29) is 11.7 Å². The third kappa shape index (κ3) is 3.12. The third-order valence-electron chi connectivity index (χ3n) is 5.72. The fourth-order valence-electron chi connectivity index (χ4n) is 4.17. The first-order valence-corrected chi connectivity index (χ1v) is 9.42. The minimum Gasteiger partial charge on any atom is -0.338 e. The van der Waals surface area contributed by atoms with Crippen LogP contribution in [-0.4, -0.2) is 53.9 Å². The van der Waals surface area contributed by atoms with Gasteiger partial charge in [-0.05, 0) is 44.4 Å². The van der Waals surface area contributed by atoms with Crippen LogP contribution >= 0.6 is 0 Å².